The van der Waals surface area contributed by atoms with Crippen LogP contribution in [0.1, 0.15) is 18.5 Å². The normalized spacial score (nSPS) is 14.8. The first-order valence-corrected chi connectivity index (χ1v) is 10.7. The first-order valence-electron chi connectivity index (χ1n) is 10.4. The van der Waals surface area contributed by atoms with Crippen molar-refractivity contribution in [1.29, 1.82) is 0 Å². The highest BCUT2D eigenvalue weighted by Gasteiger charge is 2.35. The van der Waals surface area contributed by atoms with E-state index in [4.69, 9.17) is 16.3 Å². The smallest absolute Gasteiger partial charge is 0.321 e. The summed E-state index contributed by atoms with van der Waals surface area (Å²) in [4.78, 5) is 16.7. The lowest BCUT2D eigenvalue weighted by atomic mass is 10.0. The second-order valence-electron chi connectivity index (χ2n) is 7.79. The van der Waals surface area contributed by atoms with Crippen molar-refractivity contribution in [3.8, 4) is 11.5 Å². The molecule has 160 valence electrons. The van der Waals surface area contributed by atoms with E-state index in [1.807, 2.05) is 77.7 Å². The zero-order chi connectivity index (χ0) is 21.8. The Labute approximate surface area is 188 Å². The van der Waals surface area contributed by atoms with E-state index in [-0.39, 0.29) is 12.1 Å². The molecule has 1 aliphatic heterocycles. The number of halogens is 1. The Bertz CT molecular complexity index is 1020. The highest BCUT2D eigenvalue weighted by atomic mass is 35.5. The number of carbonyl (C=O) groups is 1. The number of rotatable bonds is 6. The van der Waals surface area contributed by atoms with Crippen molar-refractivity contribution in [2.24, 2.45) is 0 Å². The lowest BCUT2D eigenvalue weighted by molar-refractivity contribution is 0.0559. The Hall–Kier alpha value is -3.02. The van der Waals surface area contributed by atoms with Crippen LogP contribution in [0.25, 0.3) is 0 Å². The molecular weight excluding hydrogens is 410 g/mol. The molecule has 0 radical (unpaired) electrons. The maximum Gasteiger partial charge on any atom is 0.321 e. The zero-order valence-electron chi connectivity index (χ0n) is 17.7. The summed E-state index contributed by atoms with van der Waals surface area (Å²) in [6.07, 6.45) is 0. The molecule has 1 unspecified atom stereocenters. The number of para-hydroxylation sites is 1. The predicted molar refractivity (Wildman–Crippen MR) is 125 cm³/mol. The average molecular weight is 436 g/mol. The molecule has 4 rings (SSSR count). The largest absolute Gasteiger partial charge is 0.457 e. The van der Waals surface area contributed by atoms with Crippen LogP contribution in [-0.4, -0.2) is 42.0 Å². The fourth-order valence-corrected chi connectivity index (χ4v) is 3.96. The van der Waals surface area contributed by atoms with Crippen LogP contribution in [0.2, 0.25) is 5.02 Å². The number of carbonyl (C=O) groups excluding carboxylic acids is 1. The van der Waals surface area contributed by atoms with Crippen LogP contribution >= 0.6 is 11.6 Å². The molecule has 2 amide bonds. The maximum atomic E-state index is 12.6. The van der Waals surface area contributed by atoms with Gasteiger partial charge in [-0.2, -0.15) is 0 Å². The summed E-state index contributed by atoms with van der Waals surface area (Å²) in [7, 11) is 2.08. The van der Waals surface area contributed by atoms with Gasteiger partial charge in [0.15, 0.2) is 0 Å². The number of ether oxygens (including phenoxy) is 1. The van der Waals surface area contributed by atoms with Gasteiger partial charge >= 0.3 is 6.03 Å². The molecule has 6 heteroatoms. The third-order valence-electron chi connectivity index (χ3n) is 5.78. The van der Waals surface area contributed by atoms with Crippen molar-refractivity contribution < 1.29 is 9.53 Å². The molecule has 1 atom stereocenters. The number of benzene rings is 3. The third kappa shape index (κ3) is 5.01. The molecule has 5 nitrogen and oxygen atoms in total. The molecule has 0 spiro atoms. The standard InChI is InChI=1S/C25H26ClN3O2/c1-18(23-10-6-7-11-24(23)26)28(2)20-16-29(17-20)25(30)27-19-12-14-22(15-13-19)31-21-8-4-3-5-9-21/h3-15,18,20H,16-17H2,1-2H3,(H,27,30). The first kappa shape index (κ1) is 21.2. The van der Waals surface area contributed by atoms with Crippen LogP contribution < -0.4 is 10.1 Å². The molecule has 0 saturated carbocycles. The number of amides is 2. The summed E-state index contributed by atoms with van der Waals surface area (Å²) in [6, 6.07) is 25.3. The molecule has 1 aliphatic rings. The van der Waals surface area contributed by atoms with Gasteiger partial charge in [0, 0.05) is 35.9 Å². The van der Waals surface area contributed by atoms with Gasteiger partial charge in [0.25, 0.3) is 0 Å². The Morgan fingerprint density at radius 3 is 2.29 bits per heavy atom. The van der Waals surface area contributed by atoms with Crippen LogP contribution in [0, 0.1) is 0 Å². The van der Waals surface area contributed by atoms with Crippen LogP contribution in [-0.2, 0) is 0 Å². The topological polar surface area (TPSA) is 44.8 Å². The number of likely N-dealkylation sites (tertiary alicyclic amines) is 1. The van der Waals surface area contributed by atoms with Crippen molar-refractivity contribution in [3.05, 3.63) is 89.4 Å². The number of hydrogen-bond acceptors (Lipinski definition) is 3. The van der Waals surface area contributed by atoms with E-state index in [1.165, 1.54) is 0 Å². The van der Waals surface area contributed by atoms with E-state index in [1.54, 1.807) is 0 Å². The number of urea groups is 1. The van der Waals surface area contributed by atoms with Gasteiger partial charge in [-0.1, -0.05) is 48.0 Å². The minimum Gasteiger partial charge on any atom is -0.457 e. The van der Waals surface area contributed by atoms with E-state index < -0.39 is 0 Å². The fraction of sp³-hybridized carbons (Fsp3) is 0.240. The van der Waals surface area contributed by atoms with Crippen LogP contribution in [0.5, 0.6) is 11.5 Å². The molecular formula is C25H26ClN3O2. The summed E-state index contributed by atoms with van der Waals surface area (Å²) in [5, 5.41) is 3.73. The second kappa shape index (κ2) is 9.41. The van der Waals surface area contributed by atoms with Gasteiger partial charge < -0.3 is 15.0 Å². The van der Waals surface area contributed by atoms with Crippen molar-refractivity contribution in [3.63, 3.8) is 0 Å². The van der Waals surface area contributed by atoms with Gasteiger partial charge in [-0.3, -0.25) is 4.90 Å². The minimum absolute atomic E-state index is 0.0909. The number of hydrogen-bond donors (Lipinski definition) is 1. The highest BCUT2D eigenvalue weighted by Crippen LogP contribution is 2.30. The SMILES string of the molecule is CC(c1ccccc1Cl)N(C)C1CN(C(=O)Nc2ccc(Oc3ccccc3)cc2)C1. The van der Waals surface area contributed by atoms with E-state index in [0.29, 0.717) is 19.1 Å². The van der Waals surface area contributed by atoms with Crippen LogP contribution in [0.3, 0.4) is 0 Å². The lowest BCUT2D eigenvalue weighted by Crippen LogP contribution is -2.61. The molecule has 0 aliphatic carbocycles. The molecule has 3 aromatic carbocycles. The van der Waals surface area contributed by atoms with Crippen LogP contribution in [0.4, 0.5) is 10.5 Å². The molecule has 1 heterocycles. The molecule has 1 saturated heterocycles. The van der Waals surface area contributed by atoms with E-state index in [2.05, 4.69) is 30.3 Å². The van der Waals surface area contributed by atoms with Crippen molar-refractivity contribution >= 4 is 23.3 Å². The third-order valence-corrected chi connectivity index (χ3v) is 6.12. The Morgan fingerprint density at radius 1 is 1.00 bits per heavy atom. The number of nitrogens with one attached hydrogen (secondary N) is 1. The van der Waals surface area contributed by atoms with E-state index >= 15 is 0 Å². The molecule has 31 heavy (non-hydrogen) atoms. The molecule has 0 aromatic heterocycles. The average Bonchev–Trinajstić information content (AvgIpc) is 2.74. The van der Waals surface area contributed by atoms with E-state index in [0.717, 1.165) is 27.8 Å². The summed E-state index contributed by atoms with van der Waals surface area (Å²) < 4.78 is 5.79. The maximum absolute atomic E-state index is 12.6. The highest BCUT2D eigenvalue weighted by molar-refractivity contribution is 6.31. The monoisotopic (exact) mass is 435 g/mol. The molecule has 3 aromatic rings. The molecule has 0 bridgehead atoms. The molecule has 1 fully saturated rings. The van der Waals surface area contributed by atoms with Crippen LogP contribution in [0.15, 0.2) is 78.9 Å². The quantitative estimate of drug-likeness (QED) is 0.513. The van der Waals surface area contributed by atoms with Gasteiger partial charge in [-0.15, -0.1) is 0 Å². The van der Waals surface area contributed by atoms with Gasteiger partial charge in [0.1, 0.15) is 11.5 Å². The van der Waals surface area contributed by atoms with Gasteiger partial charge in [0.2, 0.25) is 0 Å². The van der Waals surface area contributed by atoms with Crippen molar-refractivity contribution in [2.45, 2.75) is 19.0 Å². The first-order chi connectivity index (χ1) is 15.0. The van der Waals surface area contributed by atoms with Crippen molar-refractivity contribution in [1.82, 2.24) is 9.80 Å². The Kier molecular flexibility index (Phi) is 6.44. The minimum atomic E-state index is -0.0909. The van der Waals surface area contributed by atoms with Crippen molar-refractivity contribution in [2.75, 3.05) is 25.5 Å². The van der Waals surface area contributed by atoms with Gasteiger partial charge in [0.05, 0.1) is 0 Å². The van der Waals surface area contributed by atoms with E-state index in [9.17, 15) is 4.79 Å². The zero-order valence-corrected chi connectivity index (χ0v) is 18.4. The summed E-state index contributed by atoms with van der Waals surface area (Å²) >= 11 is 6.34. The number of likely N-dealkylation sites (N-methyl/N-ethyl adjacent to an activating group) is 1. The molecule has 1 N–H and O–H groups in total. The fourth-order valence-electron chi connectivity index (χ4n) is 3.66. The number of anilines is 1. The predicted octanol–water partition coefficient (Wildman–Crippen LogP) is 6.04. The van der Waals surface area contributed by atoms with Gasteiger partial charge in [-0.25, -0.2) is 4.79 Å². The second-order valence-corrected chi connectivity index (χ2v) is 8.20. The summed E-state index contributed by atoms with van der Waals surface area (Å²) in [5.74, 6) is 1.50. The Balaban J connectivity index is 1.27. The lowest BCUT2D eigenvalue weighted by Gasteiger charge is -2.46. The van der Waals surface area contributed by atoms with Gasteiger partial charge in [-0.05, 0) is 62.0 Å². The number of nitrogens with zero attached hydrogens (tertiary/aromatic N) is 2. The Morgan fingerprint density at radius 2 is 1.61 bits per heavy atom. The summed E-state index contributed by atoms with van der Waals surface area (Å²) in [5.41, 5.74) is 1.85. The summed E-state index contributed by atoms with van der Waals surface area (Å²) in [6.45, 7) is 3.52.